The van der Waals surface area contributed by atoms with E-state index in [-0.39, 0.29) is 33.2 Å². The number of rotatable bonds is 11. The minimum Gasteiger partial charge on any atom is -0.492 e. The van der Waals surface area contributed by atoms with Crippen molar-refractivity contribution < 1.29 is 57.9 Å². The fourth-order valence-corrected chi connectivity index (χ4v) is 9.46. The molecule has 2 aromatic carbocycles. The first-order valence-corrected chi connectivity index (χ1v) is 18.4. The van der Waals surface area contributed by atoms with Crippen molar-refractivity contribution in [2.24, 2.45) is 0 Å². The molecule has 2 heterocycles. The number of fused-ring (bicyclic) bond motifs is 2. The summed E-state index contributed by atoms with van der Waals surface area (Å²) in [7, 11) is -0.0651. The molecule has 9 nitrogen and oxygen atoms in total. The first-order chi connectivity index (χ1) is 23.6. The van der Waals surface area contributed by atoms with Crippen LogP contribution < -0.4 is 18.9 Å². The van der Waals surface area contributed by atoms with Crippen LogP contribution in [-0.4, -0.2) is 79.0 Å². The lowest BCUT2D eigenvalue weighted by molar-refractivity contribution is -0.863. The number of benzene rings is 2. The van der Waals surface area contributed by atoms with Gasteiger partial charge in [0.15, 0.2) is 19.1 Å². The molecule has 15 heteroatoms. The predicted molar refractivity (Wildman–Crippen MR) is 178 cm³/mol. The maximum Gasteiger partial charge on any atom is 0.453 e. The van der Waals surface area contributed by atoms with Gasteiger partial charge in [0, 0.05) is 46.1 Å². The molecule has 4 rings (SSSR count). The van der Waals surface area contributed by atoms with E-state index < -0.39 is 56.5 Å². The number of methoxy groups -OCH3 is 2. The Hall–Kier alpha value is -2.72. The van der Waals surface area contributed by atoms with E-state index in [1.807, 2.05) is 6.92 Å². The molecule has 1 spiro atoms. The Morgan fingerprint density at radius 1 is 0.860 bits per heavy atom. The smallest absolute Gasteiger partial charge is 0.453 e. The summed E-state index contributed by atoms with van der Waals surface area (Å²) in [6.07, 6.45) is -2.31. The third kappa shape index (κ3) is 8.01. The standard InChI is InChI=1S/C35H50F5N2O7S/c1-32(27-13-15-28(16-14-27)48-25-45-3)24-47-31-23-29(49-26-46-4)17-18-30(31)33(32)19-10-8-6-5-7-9-11-21-41-50(43,44)42(33,2)22-12-20-34(36,37)35(38,39)40/h13-18,23,41H,5-12,19-22,24-26H2,1-4H3/q+1. The predicted octanol–water partition coefficient (Wildman–Crippen LogP) is 7.59. The molecule has 282 valence electrons. The summed E-state index contributed by atoms with van der Waals surface area (Å²) in [5.41, 5.74) is -1.45. The number of quaternary nitrogens is 1. The summed E-state index contributed by atoms with van der Waals surface area (Å²) >= 11 is 0. The van der Waals surface area contributed by atoms with Gasteiger partial charge in [0.1, 0.15) is 23.9 Å². The van der Waals surface area contributed by atoms with E-state index in [0.717, 1.165) is 32.1 Å². The SMILES string of the molecule is COCOc1ccc(C2(C)COc3cc(OCOC)ccc3C23CCCCCCCCCNS(=O)(=O)[N+]3(C)CCCC(F)(F)C(F)(F)F)cc1. The molecule has 1 N–H and O–H groups in total. The average molecular weight is 738 g/mol. The summed E-state index contributed by atoms with van der Waals surface area (Å²) in [4.78, 5) is 0. The summed E-state index contributed by atoms with van der Waals surface area (Å²) < 4.78 is 128. The highest BCUT2D eigenvalue weighted by atomic mass is 32.2. The van der Waals surface area contributed by atoms with Gasteiger partial charge in [0.05, 0.1) is 24.6 Å². The van der Waals surface area contributed by atoms with Gasteiger partial charge < -0.3 is 23.7 Å². The van der Waals surface area contributed by atoms with Crippen molar-refractivity contribution >= 4 is 10.2 Å². The Morgan fingerprint density at radius 2 is 1.44 bits per heavy atom. The second-order valence-corrected chi connectivity index (χ2v) is 15.5. The lowest BCUT2D eigenvalue weighted by Gasteiger charge is -2.59. The van der Waals surface area contributed by atoms with Gasteiger partial charge in [0.25, 0.3) is 0 Å². The van der Waals surface area contributed by atoms with Gasteiger partial charge >= 0.3 is 22.3 Å². The van der Waals surface area contributed by atoms with E-state index in [1.54, 1.807) is 42.5 Å². The summed E-state index contributed by atoms with van der Waals surface area (Å²) in [5.74, 6) is -3.76. The maximum atomic E-state index is 14.9. The molecule has 2 aromatic rings. The highest BCUT2D eigenvalue weighted by Gasteiger charge is 2.69. The van der Waals surface area contributed by atoms with Gasteiger partial charge in [-0.15, -0.1) is 0 Å². The molecule has 2 aliphatic heterocycles. The number of alkyl halides is 5. The largest absolute Gasteiger partial charge is 0.492 e. The minimum absolute atomic E-state index is 0.00590. The van der Waals surface area contributed by atoms with Crippen molar-refractivity contribution in [2.45, 2.75) is 94.2 Å². The molecular weight excluding hydrogens is 687 g/mol. The highest BCUT2D eigenvalue weighted by Crippen LogP contribution is 2.60. The zero-order chi connectivity index (χ0) is 36.7. The van der Waals surface area contributed by atoms with Gasteiger partial charge in [-0.1, -0.05) is 44.2 Å². The van der Waals surface area contributed by atoms with Crippen LogP contribution in [0.5, 0.6) is 17.2 Å². The Labute approximate surface area is 292 Å². The molecule has 0 saturated carbocycles. The van der Waals surface area contributed by atoms with Crippen molar-refractivity contribution in [3.8, 4) is 17.2 Å². The Bertz CT molecular complexity index is 1510. The fraction of sp³-hybridized carbons (Fsp3) is 0.657. The van der Waals surface area contributed by atoms with Crippen LogP contribution in [0.1, 0.15) is 82.3 Å². The maximum absolute atomic E-state index is 14.9. The molecule has 0 bridgehead atoms. The number of likely N-dealkylation sites (N-methyl/N-ethyl adjacent to an activating group) is 1. The number of ether oxygens (including phenoxy) is 5. The monoisotopic (exact) mass is 737 g/mol. The van der Waals surface area contributed by atoms with Crippen molar-refractivity contribution in [3.05, 3.63) is 53.6 Å². The van der Waals surface area contributed by atoms with Gasteiger partial charge in [-0.3, -0.25) is 0 Å². The molecule has 0 aromatic heterocycles. The van der Waals surface area contributed by atoms with Crippen molar-refractivity contribution in [3.63, 3.8) is 0 Å². The number of hydrogen-bond acceptors (Lipinski definition) is 7. The second kappa shape index (κ2) is 16.3. The summed E-state index contributed by atoms with van der Waals surface area (Å²) in [6, 6.07) is 12.1. The number of nitrogens with zero attached hydrogens (tertiary/aromatic N) is 1. The molecule has 50 heavy (non-hydrogen) atoms. The van der Waals surface area contributed by atoms with Crippen molar-refractivity contribution in [1.29, 1.82) is 0 Å². The molecule has 3 atom stereocenters. The summed E-state index contributed by atoms with van der Waals surface area (Å²) in [6.45, 7) is 1.36. The lowest BCUT2D eigenvalue weighted by Crippen LogP contribution is -2.74. The molecule has 2 aliphatic rings. The normalized spacial score (nSPS) is 26.5. The van der Waals surface area contributed by atoms with Gasteiger partial charge in [-0.05, 0) is 49.6 Å². The van der Waals surface area contributed by atoms with E-state index in [2.05, 4.69) is 4.72 Å². The molecule has 1 fully saturated rings. The molecule has 1 saturated heterocycles. The molecule has 3 unspecified atom stereocenters. The van der Waals surface area contributed by atoms with Gasteiger partial charge in [-0.2, -0.15) is 39.0 Å². The number of halogens is 5. The molecule has 0 radical (unpaired) electrons. The van der Waals surface area contributed by atoms with Crippen molar-refractivity contribution in [1.82, 2.24) is 4.72 Å². The minimum atomic E-state index is -5.77. The first-order valence-electron chi connectivity index (χ1n) is 17.0. The third-order valence-corrected chi connectivity index (χ3v) is 12.5. The van der Waals surface area contributed by atoms with Gasteiger partial charge in [0.2, 0.25) is 0 Å². The van der Waals surface area contributed by atoms with Crippen LogP contribution in [0.3, 0.4) is 0 Å². The van der Waals surface area contributed by atoms with E-state index >= 15 is 0 Å². The second-order valence-electron chi connectivity index (χ2n) is 13.5. The van der Waals surface area contributed by atoms with E-state index in [9.17, 15) is 30.4 Å². The zero-order valence-electron chi connectivity index (χ0n) is 29.3. The highest BCUT2D eigenvalue weighted by molar-refractivity contribution is 7.83. The third-order valence-electron chi connectivity index (χ3n) is 10.3. The van der Waals surface area contributed by atoms with E-state index in [1.165, 1.54) is 21.3 Å². The first kappa shape index (κ1) is 40.1. The van der Waals surface area contributed by atoms with Crippen LogP contribution >= 0.6 is 0 Å². The Kier molecular flexibility index (Phi) is 13.1. The van der Waals surface area contributed by atoms with Crippen LogP contribution in [0.2, 0.25) is 0 Å². The lowest BCUT2D eigenvalue weighted by atomic mass is 9.59. The molecule has 0 amide bonds. The molecule has 0 aliphatic carbocycles. The van der Waals surface area contributed by atoms with E-state index in [0.29, 0.717) is 41.2 Å². The number of hydrogen-bond donors (Lipinski definition) is 1. The Balaban J connectivity index is 2.01. The van der Waals surface area contributed by atoms with E-state index in [4.69, 9.17) is 23.7 Å². The van der Waals surface area contributed by atoms with Gasteiger partial charge in [-0.25, -0.2) is 0 Å². The fourth-order valence-electron chi connectivity index (χ4n) is 7.61. The van der Waals surface area contributed by atoms with Crippen LogP contribution in [0.15, 0.2) is 42.5 Å². The Morgan fingerprint density at radius 3 is 2.06 bits per heavy atom. The molecular formula is C35H50F5N2O7S+. The van der Waals surface area contributed by atoms with Crippen LogP contribution in [0.4, 0.5) is 22.0 Å². The van der Waals surface area contributed by atoms with Crippen LogP contribution in [0, 0.1) is 0 Å². The summed E-state index contributed by atoms with van der Waals surface area (Å²) in [5, 5.41) is 0. The van der Waals surface area contributed by atoms with Crippen LogP contribution in [0.25, 0.3) is 0 Å². The van der Waals surface area contributed by atoms with Crippen LogP contribution in [-0.2, 0) is 30.6 Å². The zero-order valence-corrected chi connectivity index (χ0v) is 30.1. The van der Waals surface area contributed by atoms with Crippen molar-refractivity contribution in [2.75, 3.05) is 54.5 Å². The topological polar surface area (TPSA) is 92.3 Å². The quantitative estimate of drug-likeness (QED) is 0.144. The number of nitrogens with one attached hydrogen (secondary N) is 1. The average Bonchev–Trinajstić information content (AvgIpc) is 3.07.